The smallest absolute Gasteiger partial charge is 0.249 e. The van der Waals surface area contributed by atoms with Gasteiger partial charge in [-0.15, -0.1) is 0 Å². The second kappa shape index (κ2) is 8.64. The molecule has 0 atom stereocenters. The molecule has 0 unspecified atom stereocenters. The first kappa shape index (κ1) is 19.5. The standard InChI is InChI=1S/C20H19N3O4S/c1-15-4-10-19(21-13-15)23-20(24)11-7-16-5-8-18(9-6-16)28(25,26)22-14-17-3-2-12-27-17/h2-13,22H,14H2,1H3,(H,21,23,24)/b11-7+. The number of benzene rings is 1. The van der Waals surface area contributed by atoms with Crippen molar-refractivity contribution in [2.75, 3.05) is 5.32 Å². The van der Waals surface area contributed by atoms with Gasteiger partial charge < -0.3 is 9.73 Å². The molecular weight excluding hydrogens is 378 g/mol. The van der Waals surface area contributed by atoms with E-state index in [9.17, 15) is 13.2 Å². The quantitative estimate of drug-likeness (QED) is 0.597. The Kier molecular flexibility index (Phi) is 6.03. The van der Waals surface area contributed by atoms with Crippen molar-refractivity contribution in [2.24, 2.45) is 0 Å². The van der Waals surface area contributed by atoms with E-state index < -0.39 is 10.0 Å². The Labute approximate surface area is 163 Å². The Morgan fingerprint density at radius 1 is 1.14 bits per heavy atom. The summed E-state index contributed by atoms with van der Waals surface area (Å²) in [5, 5.41) is 2.65. The van der Waals surface area contributed by atoms with E-state index in [1.165, 1.54) is 24.5 Å². The summed E-state index contributed by atoms with van der Waals surface area (Å²) in [6.07, 6.45) is 6.10. The minimum Gasteiger partial charge on any atom is -0.468 e. The van der Waals surface area contributed by atoms with E-state index in [1.807, 2.05) is 13.0 Å². The second-order valence-electron chi connectivity index (χ2n) is 6.02. The predicted molar refractivity (Wildman–Crippen MR) is 106 cm³/mol. The molecule has 0 aliphatic rings. The van der Waals surface area contributed by atoms with Gasteiger partial charge in [-0.3, -0.25) is 4.79 Å². The molecule has 0 fully saturated rings. The summed E-state index contributed by atoms with van der Waals surface area (Å²) >= 11 is 0. The fraction of sp³-hybridized carbons (Fsp3) is 0.100. The number of hydrogen-bond acceptors (Lipinski definition) is 5. The van der Waals surface area contributed by atoms with Crippen LogP contribution in [0.25, 0.3) is 6.08 Å². The highest BCUT2D eigenvalue weighted by atomic mass is 32.2. The zero-order chi connectivity index (χ0) is 20.0. The average molecular weight is 397 g/mol. The van der Waals surface area contributed by atoms with Crippen LogP contribution in [0.3, 0.4) is 0 Å². The van der Waals surface area contributed by atoms with E-state index in [-0.39, 0.29) is 17.3 Å². The van der Waals surface area contributed by atoms with Crippen molar-refractivity contribution < 1.29 is 17.6 Å². The number of anilines is 1. The lowest BCUT2D eigenvalue weighted by Crippen LogP contribution is -2.22. The minimum atomic E-state index is -3.65. The number of aromatic nitrogens is 1. The molecule has 3 aromatic rings. The molecule has 0 bridgehead atoms. The highest BCUT2D eigenvalue weighted by Gasteiger charge is 2.13. The van der Waals surface area contributed by atoms with Gasteiger partial charge in [-0.1, -0.05) is 18.2 Å². The fourth-order valence-electron chi connectivity index (χ4n) is 2.30. The summed E-state index contributed by atoms with van der Waals surface area (Å²) in [6.45, 7) is 1.99. The van der Waals surface area contributed by atoms with Crippen molar-refractivity contribution in [3.05, 3.63) is 84.0 Å². The van der Waals surface area contributed by atoms with Crippen LogP contribution in [-0.2, 0) is 21.4 Å². The van der Waals surface area contributed by atoms with Crippen LogP contribution in [-0.4, -0.2) is 19.3 Å². The molecule has 144 valence electrons. The predicted octanol–water partition coefficient (Wildman–Crippen LogP) is 3.11. The topological polar surface area (TPSA) is 101 Å². The highest BCUT2D eigenvalue weighted by Crippen LogP contribution is 2.13. The van der Waals surface area contributed by atoms with Crippen molar-refractivity contribution in [1.82, 2.24) is 9.71 Å². The SMILES string of the molecule is Cc1ccc(NC(=O)/C=C/c2ccc(S(=O)(=O)NCc3ccco3)cc2)nc1. The lowest BCUT2D eigenvalue weighted by molar-refractivity contribution is -0.111. The number of hydrogen-bond donors (Lipinski definition) is 2. The number of rotatable bonds is 7. The van der Waals surface area contributed by atoms with E-state index in [0.717, 1.165) is 5.56 Å². The molecule has 7 nitrogen and oxygen atoms in total. The van der Waals surface area contributed by atoms with Crippen LogP contribution >= 0.6 is 0 Å². The van der Waals surface area contributed by atoms with Gasteiger partial charge in [0, 0.05) is 12.3 Å². The number of carbonyl (C=O) groups is 1. The lowest BCUT2D eigenvalue weighted by Gasteiger charge is -2.05. The molecular formula is C20H19N3O4S. The molecule has 0 saturated heterocycles. The van der Waals surface area contributed by atoms with Crippen molar-refractivity contribution >= 4 is 27.8 Å². The van der Waals surface area contributed by atoms with Gasteiger partial charge >= 0.3 is 0 Å². The summed E-state index contributed by atoms with van der Waals surface area (Å²) in [5.41, 5.74) is 1.69. The maximum atomic E-state index is 12.3. The van der Waals surface area contributed by atoms with E-state index >= 15 is 0 Å². The fourth-order valence-corrected chi connectivity index (χ4v) is 3.30. The van der Waals surface area contributed by atoms with Crippen molar-refractivity contribution in [2.45, 2.75) is 18.4 Å². The van der Waals surface area contributed by atoms with Crippen molar-refractivity contribution in [1.29, 1.82) is 0 Å². The van der Waals surface area contributed by atoms with Crippen LogP contribution in [0.5, 0.6) is 0 Å². The van der Waals surface area contributed by atoms with Crippen molar-refractivity contribution in [3.8, 4) is 0 Å². The third-order valence-corrected chi connectivity index (χ3v) is 5.21. The van der Waals surface area contributed by atoms with Gasteiger partial charge in [0.2, 0.25) is 15.9 Å². The van der Waals surface area contributed by atoms with Crippen LogP contribution in [0.4, 0.5) is 5.82 Å². The number of carbonyl (C=O) groups excluding carboxylic acids is 1. The van der Waals surface area contributed by atoms with Gasteiger partial charge in [0.1, 0.15) is 11.6 Å². The molecule has 0 aliphatic heterocycles. The molecule has 0 saturated carbocycles. The number of amides is 1. The molecule has 0 radical (unpaired) electrons. The van der Waals surface area contributed by atoms with Gasteiger partial charge in [0.05, 0.1) is 17.7 Å². The Hall–Kier alpha value is -3.23. The zero-order valence-electron chi connectivity index (χ0n) is 15.1. The van der Waals surface area contributed by atoms with Crippen LogP contribution in [0.1, 0.15) is 16.9 Å². The van der Waals surface area contributed by atoms with Gasteiger partial charge in [0.15, 0.2) is 0 Å². The largest absolute Gasteiger partial charge is 0.468 e. The molecule has 2 N–H and O–H groups in total. The number of nitrogens with one attached hydrogen (secondary N) is 2. The van der Waals surface area contributed by atoms with Gasteiger partial charge in [-0.25, -0.2) is 18.1 Å². The molecule has 1 aromatic carbocycles. The van der Waals surface area contributed by atoms with Crippen LogP contribution in [0, 0.1) is 6.92 Å². The monoisotopic (exact) mass is 397 g/mol. The molecule has 0 aliphatic carbocycles. The summed E-state index contributed by atoms with van der Waals surface area (Å²) < 4.78 is 32.2. The first-order valence-corrected chi connectivity index (χ1v) is 9.94. The second-order valence-corrected chi connectivity index (χ2v) is 7.78. The van der Waals surface area contributed by atoms with Crippen molar-refractivity contribution in [3.63, 3.8) is 0 Å². The molecule has 2 heterocycles. The van der Waals surface area contributed by atoms with Gasteiger partial charge in [-0.2, -0.15) is 0 Å². The van der Waals surface area contributed by atoms with E-state index in [2.05, 4.69) is 15.0 Å². The van der Waals surface area contributed by atoms with Gasteiger partial charge in [0.25, 0.3) is 0 Å². The molecule has 1 amide bonds. The molecule has 2 aromatic heterocycles. The summed E-state index contributed by atoms with van der Waals surface area (Å²) in [5.74, 6) is 0.662. The average Bonchev–Trinajstić information content (AvgIpc) is 3.21. The summed E-state index contributed by atoms with van der Waals surface area (Å²) in [4.78, 5) is 16.2. The molecule has 3 rings (SSSR count). The maximum absolute atomic E-state index is 12.3. The van der Waals surface area contributed by atoms with E-state index in [0.29, 0.717) is 17.1 Å². The third-order valence-electron chi connectivity index (χ3n) is 3.80. The van der Waals surface area contributed by atoms with E-state index in [1.54, 1.807) is 42.6 Å². The summed E-state index contributed by atoms with van der Waals surface area (Å²) in [6, 6.07) is 13.1. The summed E-state index contributed by atoms with van der Waals surface area (Å²) in [7, 11) is -3.65. The number of nitrogens with zero attached hydrogens (tertiary/aromatic N) is 1. The zero-order valence-corrected chi connectivity index (χ0v) is 15.9. The Morgan fingerprint density at radius 3 is 2.57 bits per heavy atom. The number of aryl methyl sites for hydroxylation is 1. The Bertz CT molecular complexity index is 1060. The van der Waals surface area contributed by atoms with Crippen LogP contribution < -0.4 is 10.0 Å². The number of furan rings is 1. The molecule has 28 heavy (non-hydrogen) atoms. The van der Waals surface area contributed by atoms with Crippen LogP contribution in [0.15, 0.2) is 76.4 Å². The molecule has 8 heteroatoms. The maximum Gasteiger partial charge on any atom is 0.249 e. The minimum absolute atomic E-state index is 0.0736. The number of sulfonamides is 1. The highest BCUT2D eigenvalue weighted by molar-refractivity contribution is 7.89. The molecule has 0 spiro atoms. The normalized spacial score (nSPS) is 11.6. The first-order chi connectivity index (χ1) is 13.4. The Morgan fingerprint density at radius 2 is 1.93 bits per heavy atom. The first-order valence-electron chi connectivity index (χ1n) is 8.46. The van der Waals surface area contributed by atoms with E-state index in [4.69, 9.17) is 4.42 Å². The number of pyridine rings is 1. The van der Waals surface area contributed by atoms with Gasteiger partial charge in [-0.05, 0) is 54.5 Å². The lowest BCUT2D eigenvalue weighted by atomic mass is 10.2. The third kappa shape index (κ3) is 5.38. The Balaban J connectivity index is 1.59. The van der Waals surface area contributed by atoms with Crippen LogP contribution in [0.2, 0.25) is 0 Å².